The van der Waals surface area contributed by atoms with E-state index in [4.69, 9.17) is 11.6 Å². The van der Waals surface area contributed by atoms with E-state index in [0.717, 1.165) is 48.8 Å². The number of nitrogens with one attached hydrogen (secondary N) is 1. The molecule has 0 aromatic heterocycles. The van der Waals surface area contributed by atoms with Crippen molar-refractivity contribution in [2.24, 2.45) is 0 Å². The number of halogens is 1. The Kier molecular flexibility index (Phi) is 5.33. The SMILES string of the molecule is Cc1ccc(CCCCNC(=O)C2(c3ccc(Cl)cc3)CC2)cc1O. The van der Waals surface area contributed by atoms with E-state index in [1.165, 1.54) is 0 Å². The second-order valence-corrected chi connectivity index (χ2v) is 7.36. The van der Waals surface area contributed by atoms with E-state index < -0.39 is 0 Å². The third-order valence-electron chi connectivity index (χ3n) is 5.03. The van der Waals surface area contributed by atoms with Crippen LogP contribution in [0, 0.1) is 6.92 Å². The molecule has 1 amide bonds. The van der Waals surface area contributed by atoms with Gasteiger partial charge in [0.25, 0.3) is 0 Å². The van der Waals surface area contributed by atoms with E-state index in [1.807, 2.05) is 49.4 Å². The zero-order valence-electron chi connectivity index (χ0n) is 14.5. The van der Waals surface area contributed by atoms with Gasteiger partial charge in [-0.3, -0.25) is 4.79 Å². The molecule has 0 saturated heterocycles. The molecule has 4 heteroatoms. The van der Waals surface area contributed by atoms with Crippen LogP contribution < -0.4 is 5.32 Å². The van der Waals surface area contributed by atoms with Gasteiger partial charge in [0.15, 0.2) is 0 Å². The van der Waals surface area contributed by atoms with Gasteiger partial charge in [-0.2, -0.15) is 0 Å². The summed E-state index contributed by atoms with van der Waals surface area (Å²) in [5.74, 6) is 0.479. The minimum atomic E-state index is -0.340. The maximum absolute atomic E-state index is 12.6. The fourth-order valence-corrected chi connectivity index (χ4v) is 3.30. The van der Waals surface area contributed by atoms with Crippen molar-refractivity contribution < 1.29 is 9.90 Å². The van der Waals surface area contributed by atoms with E-state index in [9.17, 15) is 9.90 Å². The van der Waals surface area contributed by atoms with Gasteiger partial charge in [0.2, 0.25) is 5.91 Å². The lowest BCUT2D eigenvalue weighted by Crippen LogP contribution is -2.35. The molecule has 0 bridgehead atoms. The molecular formula is C21H24ClNO2. The topological polar surface area (TPSA) is 49.3 Å². The molecule has 0 aliphatic heterocycles. The first-order chi connectivity index (χ1) is 12.0. The molecule has 1 aliphatic rings. The fraction of sp³-hybridized carbons (Fsp3) is 0.381. The standard InChI is InChI=1S/C21H24ClNO2/c1-15-5-6-16(14-19(15)24)4-2-3-13-23-20(25)21(11-12-21)17-7-9-18(22)10-8-17/h5-10,14,24H,2-4,11-13H2,1H3,(H,23,25). The molecule has 2 aromatic carbocycles. The maximum atomic E-state index is 12.6. The highest BCUT2D eigenvalue weighted by Gasteiger charge is 2.50. The number of phenolic OH excluding ortho intramolecular Hbond substituents is 1. The molecule has 2 aromatic rings. The number of hydrogen-bond donors (Lipinski definition) is 2. The summed E-state index contributed by atoms with van der Waals surface area (Å²) in [6.07, 6.45) is 4.63. The summed E-state index contributed by atoms with van der Waals surface area (Å²) in [4.78, 5) is 12.6. The lowest BCUT2D eigenvalue weighted by molar-refractivity contribution is -0.123. The summed E-state index contributed by atoms with van der Waals surface area (Å²) in [7, 11) is 0. The predicted octanol–water partition coefficient (Wildman–Crippen LogP) is 4.52. The van der Waals surface area contributed by atoms with Gasteiger partial charge in [-0.05, 0) is 73.9 Å². The molecule has 0 spiro atoms. The third kappa shape index (κ3) is 4.16. The first kappa shape index (κ1) is 17.8. The Balaban J connectivity index is 1.43. The lowest BCUT2D eigenvalue weighted by atomic mass is 9.95. The predicted molar refractivity (Wildman–Crippen MR) is 101 cm³/mol. The Morgan fingerprint density at radius 3 is 2.52 bits per heavy atom. The number of aryl methyl sites for hydroxylation is 2. The largest absolute Gasteiger partial charge is 0.508 e. The van der Waals surface area contributed by atoms with Crippen molar-refractivity contribution in [1.82, 2.24) is 5.32 Å². The monoisotopic (exact) mass is 357 g/mol. The van der Waals surface area contributed by atoms with Gasteiger partial charge in [-0.25, -0.2) is 0 Å². The summed E-state index contributed by atoms with van der Waals surface area (Å²) < 4.78 is 0. The third-order valence-corrected chi connectivity index (χ3v) is 5.28. The minimum Gasteiger partial charge on any atom is -0.508 e. The van der Waals surface area contributed by atoms with Crippen LogP contribution in [0.25, 0.3) is 0 Å². The Morgan fingerprint density at radius 2 is 1.88 bits per heavy atom. The molecule has 1 fully saturated rings. The minimum absolute atomic E-state index is 0.128. The van der Waals surface area contributed by atoms with Crippen LogP contribution in [0.15, 0.2) is 42.5 Å². The summed E-state index contributed by atoms with van der Waals surface area (Å²) >= 11 is 5.93. The van der Waals surface area contributed by atoms with Gasteiger partial charge < -0.3 is 10.4 Å². The normalized spacial score (nSPS) is 15.0. The van der Waals surface area contributed by atoms with Gasteiger partial charge >= 0.3 is 0 Å². The highest BCUT2D eigenvalue weighted by atomic mass is 35.5. The average Bonchev–Trinajstić information content (AvgIpc) is 3.40. The van der Waals surface area contributed by atoms with E-state index in [0.29, 0.717) is 17.3 Å². The number of phenols is 1. The van der Waals surface area contributed by atoms with Crippen molar-refractivity contribution in [3.8, 4) is 5.75 Å². The van der Waals surface area contributed by atoms with Crippen LogP contribution in [0.2, 0.25) is 5.02 Å². The number of hydrogen-bond acceptors (Lipinski definition) is 2. The van der Waals surface area contributed by atoms with Crippen molar-refractivity contribution in [2.45, 2.75) is 44.4 Å². The van der Waals surface area contributed by atoms with Crippen molar-refractivity contribution in [2.75, 3.05) is 6.54 Å². The van der Waals surface area contributed by atoms with Gasteiger partial charge in [0.1, 0.15) is 5.75 Å². The van der Waals surface area contributed by atoms with Crippen molar-refractivity contribution in [3.05, 3.63) is 64.2 Å². The summed E-state index contributed by atoms with van der Waals surface area (Å²) in [6, 6.07) is 13.4. The van der Waals surface area contributed by atoms with Crippen LogP contribution in [-0.4, -0.2) is 17.6 Å². The average molecular weight is 358 g/mol. The van der Waals surface area contributed by atoms with Crippen LogP contribution in [0.1, 0.15) is 42.4 Å². The van der Waals surface area contributed by atoms with Crippen LogP contribution in [0.3, 0.4) is 0 Å². The molecule has 1 saturated carbocycles. The van der Waals surface area contributed by atoms with Crippen LogP contribution in [-0.2, 0) is 16.6 Å². The first-order valence-electron chi connectivity index (χ1n) is 8.84. The Hall–Kier alpha value is -2.00. The molecule has 3 nitrogen and oxygen atoms in total. The number of carbonyl (C=O) groups is 1. The molecule has 1 aliphatic carbocycles. The molecular weight excluding hydrogens is 334 g/mol. The zero-order valence-corrected chi connectivity index (χ0v) is 15.3. The van der Waals surface area contributed by atoms with Crippen molar-refractivity contribution in [1.29, 1.82) is 0 Å². The second kappa shape index (κ2) is 7.49. The number of unbranched alkanes of at least 4 members (excludes halogenated alkanes) is 1. The number of amides is 1. The molecule has 132 valence electrons. The zero-order chi connectivity index (χ0) is 17.9. The smallest absolute Gasteiger partial charge is 0.230 e. The Bertz CT molecular complexity index is 751. The van der Waals surface area contributed by atoms with Gasteiger partial charge in [-0.1, -0.05) is 35.9 Å². The van der Waals surface area contributed by atoms with Gasteiger partial charge in [0.05, 0.1) is 5.41 Å². The fourth-order valence-electron chi connectivity index (χ4n) is 3.18. The highest BCUT2D eigenvalue weighted by molar-refractivity contribution is 6.30. The number of carbonyl (C=O) groups excluding carboxylic acids is 1. The Morgan fingerprint density at radius 1 is 1.16 bits per heavy atom. The van der Waals surface area contributed by atoms with E-state index in [2.05, 4.69) is 5.32 Å². The number of aromatic hydroxyl groups is 1. The molecule has 2 N–H and O–H groups in total. The van der Waals surface area contributed by atoms with Gasteiger partial charge in [0, 0.05) is 11.6 Å². The van der Waals surface area contributed by atoms with Crippen LogP contribution >= 0.6 is 11.6 Å². The molecule has 0 atom stereocenters. The van der Waals surface area contributed by atoms with Crippen LogP contribution in [0.5, 0.6) is 5.75 Å². The molecule has 0 heterocycles. The van der Waals surface area contributed by atoms with E-state index >= 15 is 0 Å². The number of benzene rings is 2. The van der Waals surface area contributed by atoms with Crippen molar-refractivity contribution in [3.63, 3.8) is 0 Å². The number of rotatable bonds is 7. The van der Waals surface area contributed by atoms with E-state index in [-0.39, 0.29) is 11.3 Å². The Labute approximate surface area is 154 Å². The summed E-state index contributed by atoms with van der Waals surface area (Å²) in [6.45, 7) is 2.58. The highest BCUT2D eigenvalue weighted by Crippen LogP contribution is 2.48. The second-order valence-electron chi connectivity index (χ2n) is 6.92. The molecule has 25 heavy (non-hydrogen) atoms. The molecule has 0 unspecified atom stereocenters. The quantitative estimate of drug-likeness (QED) is 0.715. The van der Waals surface area contributed by atoms with Crippen LogP contribution in [0.4, 0.5) is 0 Å². The van der Waals surface area contributed by atoms with Gasteiger partial charge in [-0.15, -0.1) is 0 Å². The van der Waals surface area contributed by atoms with E-state index in [1.54, 1.807) is 0 Å². The van der Waals surface area contributed by atoms with Crippen molar-refractivity contribution >= 4 is 17.5 Å². The summed E-state index contributed by atoms with van der Waals surface area (Å²) in [5.41, 5.74) is 2.75. The molecule has 3 rings (SSSR count). The first-order valence-corrected chi connectivity index (χ1v) is 9.22. The lowest BCUT2D eigenvalue weighted by Gasteiger charge is -2.16. The molecule has 0 radical (unpaired) electrons. The summed E-state index contributed by atoms with van der Waals surface area (Å²) in [5, 5.41) is 13.5. The maximum Gasteiger partial charge on any atom is 0.230 e.